The second-order valence-electron chi connectivity index (χ2n) is 8.09. The summed E-state index contributed by atoms with van der Waals surface area (Å²) in [6.45, 7) is 5.75. The smallest absolute Gasteiger partial charge is 0.130 e. The number of piperidine rings is 1. The highest BCUT2D eigenvalue weighted by Crippen LogP contribution is 2.24. The molecule has 8 heteroatoms. The van der Waals surface area contributed by atoms with Gasteiger partial charge in [0.2, 0.25) is 0 Å². The van der Waals surface area contributed by atoms with Gasteiger partial charge in [0.1, 0.15) is 24.0 Å². The molecular weight excluding hydrogens is 390 g/mol. The van der Waals surface area contributed by atoms with Crippen molar-refractivity contribution in [2.45, 2.75) is 44.9 Å². The zero-order chi connectivity index (χ0) is 21.8. The number of nitrogens with one attached hydrogen (secondary N) is 1. The number of nitrogen functional groups attached to an aromatic ring is 1. The standard InChI is InChI=1S/C23H29N7O/c1-16(2)31-18-4-5-20(24)19(14-18)23(25)21-6-7-22(27-15-26-21)29-12-8-17(9-13-29)30-11-3-10-28-30/h3-7,10-11,14-17,21,25H,8-9,12-13,24H2,1-2H3. The molecule has 1 aromatic carbocycles. The van der Waals surface area contributed by atoms with Gasteiger partial charge in [-0.1, -0.05) is 6.08 Å². The van der Waals surface area contributed by atoms with E-state index in [2.05, 4.69) is 20.0 Å². The fraction of sp³-hybridized carbons (Fsp3) is 0.391. The van der Waals surface area contributed by atoms with Crippen molar-refractivity contribution in [2.24, 2.45) is 9.98 Å². The Labute approximate surface area is 182 Å². The Kier molecular flexibility index (Phi) is 6.16. The zero-order valence-corrected chi connectivity index (χ0v) is 18.0. The van der Waals surface area contributed by atoms with E-state index >= 15 is 0 Å². The number of hydrogen-bond acceptors (Lipinski definition) is 7. The summed E-state index contributed by atoms with van der Waals surface area (Å²) >= 11 is 0. The molecule has 0 amide bonds. The largest absolute Gasteiger partial charge is 0.491 e. The van der Waals surface area contributed by atoms with Gasteiger partial charge in [0.25, 0.3) is 0 Å². The molecular formula is C23H29N7O. The molecule has 31 heavy (non-hydrogen) atoms. The van der Waals surface area contributed by atoms with Crippen LogP contribution >= 0.6 is 0 Å². The summed E-state index contributed by atoms with van der Waals surface area (Å²) in [4.78, 5) is 11.3. The highest BCUT2D eigenvalue weighted by Gasteiger charge is 2.23. The summed E-state index contributed by atoms with van der Waals surface area (Å²) in [6, 6.07) is 7.37. The second-order valence-corrected chi connectivity index (χ2v) is 8.09. The summed E-state index contributed by atoms with van der Waals surface area (Å²) < 4.78 is 7.80. The average molecular weight is 420 g/mol. The molecule has 3 N–H and O–H groups in total. The molecule has 0 aliphatic carbocycles. The summed E-state index contributed by atoms with van der Waals surface area (Å²) in [7, 11) is 0. The van der Waals surface area contributed by atoms with E-state index in [1.165, 1.54) is 0 Å². The van der Waals surface area contributed by atoms with E-state index in [1.807, 2.05) is 61.3 Å². The molecule has 1 unspecified atom stereocenters. The Bertz CT molecular complexity index is 999. The van der Waals surface area contributed by atoms with Crippen LogP contribution < -0.4 is 10.5 Å². The molecule has 1 aromatic heterocycles. The van der Waals surface area contributed by atoms with Gasteiger partial charge in [0, 0.05) is 36.7 Å². The monoisotopic (exact) mass is 419 g/mol. The van der Waals surface area contributed by atoms with Crippen molar-refractivity contribution < 1.29 is 4.74 Å². The Balaban J connectivity index is 1.42. The first kappa shape index (κ1) is 20.8. The third kappa shape index (κ3) is 4.84. The molecule has 2 aliphatic heterocycles. The van der Waals surface area contributed by atoms with Gasteiger partial charge < -0.3 is 20.8 Å². The Morgan fingerprint density at radius 2 is 2.06 bits per heavy atom. The topological polar surface area (TPSA) is 105 Å². The van der Waals surface area contributed by atoms with Gasteiger partial charge in [0.05, 0.1) is 17.9 Å². The van der Waals surface area contributed by atoms with Crippen LogP contribution in [0.5, 0.6) is 5.75 Å². The van der Waals surface area contributed by atoms with Crippen molar-refractivity contribution in [1.82, 2.24) is 14.7 Å². The second kappa shape index (κ2) is 9.16. The zero-order valence-electron chi connectivity index (χ0n) is 18.0. The third-order valence-electron chi connectivity index (χ3n) is 5.51. The lowest BCUT2D eigenvalue weighted by Crippen LogP contribution is -2.38. The van der Waals surface area contributed by atoms with E-state index in [1.54, 1.807) is 12.4 Å². The first-order valence-electron chi connectivity index (χ1n) is 10.7. The van der Waals surface area contributed by atoms with E-state index in [4.69, 9.17) is 15.9 Å². The number of aliphatic imine (C=N–C) groups is 2. The number of likely N-dealkylation sites (tertiary alicyclic amines) is 1. The van der Waals surface area contributed by atoms with Gasteiger partial charge in [-0.2, -0.15) is 5.10 Å². The molecule has 8 nitrogen and oxygen atoms in total. The molecule has 0 saturated carbocycles. The van der Waals surface area contributed by atoms with Crippen LogP contribution in [0.4, 0.5) is 5.69 Å². The van der Waals surface area contributed by atoms with Crippen LogP contribution in [0.2, 0.25) is 0 Å². The molecule has 3 heterocycles. The van der Waals surface area contributed by atoms with Crippen LogP contribution in [0.25, 0.3) is 0 Å². The lowest BCUT2D eigenvalue weighted by Gasteiger charge is -2.33. The number of rotatable bonds is 5. The molecule has 2 aromatic rings. The molecule has 1 atom stereocenters. The summed E-state index contributed by atoms with van der Waals surface area (Å²) in [6.07, 6.45) is 11.4. The van der Waals surface area contributed by atoms with Gasteiger partial charge in [-0.05, 0) is 57.0 Å². The first-order valence-corrected chi connectivity index (χ1v) is 10.7. The van der Waals surface area contributed by atoms with Crippen molar-refractivity contribution >= 4 is 23.6 Å². The van der Waals surface area contributed by atoms with Crippen molar-refractivity contribution in [2.75, 3.05) is 18.8 Å². The minimum atomic E-state index is -0.445. The highest BCUT2D eigenvalue weighted by atomic mass is 16.5. The molecule has 1 saturated heterocycles. The first-order chi connectivity index (χ1) is 15.0. The van der Waals surface area contributed by atoms with Crippen LogP contribution in [0.3, 0.4) is 0 Å². The van der Waals surface area contributed by atoms with Crippen molar-refractivity contribution in [1.29, 1.82) is 5.41 Å². The molecule has 0 spiro atoms. The number of ether oxygens (including phenoxy) is 1. The minimum absolute atomic E-state index is 0.0508. The van der Waals surface area contributed by atoms with Gasteiger partial charge in [-0.15, -0.1) is 0 Å². The number of amidine groups is 1. The number of nitrogens with two attached hydrogens (primary N) is 1. The Hall–Kier alpha value is -3.42. The summed E-state index contributed by atoms with van der Waals surface area (Å²) in [5.41, 5.74) is 7.65. The van der Waals surface area contributed by atoms with E-state index < -0.39 is 6.04 Å². The Morgan fingerprint density at radius 3 is 2.77 bits per heavy atom. The van der Waals surface area contributed by atoms with Crippen LogP contribution in [0.15, 0.2) is 58.8 Å². The molecule has 2 aliphatic rings. The van der Waals surface area contributed by atoms with E-state index in [9.17, 15) is 0 Å². The molecule has 162 valence electrons. The SMILES string of the molecule is CC(C)Oc1ccc(N)c(C(=N)C2C=CC(N3CCC(n4cccn4)CC3)=NC=N2)c1. The predicted molar refractivity (Wildman–Crippen MR) is 124 cm³/mol. The van der Waals surface area contributed by atoms with Gasteiger partial charge in [-0.3, -0.25) is 9.67 Å². The van der Waals surface area contributed by atoms with Gasteiger partial charge in [-0.25, -0.2) is 4.99 Å². The lowest BCUT2D eigenvalue weighted by molar-refractivity contribution is 0.242. The number of hydrogen-bond donors (Lipinski definition) is 2. The van der Waals surface area contributed by atoms with Crippen molar-refractivity contribution in [3.8, 4) is 5.75 Å². The quantitative estimate of drug-likeness (QED) is 0.573. The number of aromatic nitrogens is 2. The fourth-order valence-electron chi connectivity index (χ4n) is 3.92. The van der Waals surface area contributed by atoms with E-state index in [0.29, 0.717) is 28.8 Å². The number of nitrogens with zero attached hydrogens (tertiary/aromatic N) is 5. The molecule has 4 rings (SSSR count). The third-order valence-corrected chi connectivity index (χ3v) is 5.51. The average Bonchev–Trinajstić information content (AvgIpc) is 3.19. The van der Waals surface area contributed by atoms with Crippen LogP contribution in [0, 0.1) is 5.41 Å². The van der Waals surface area contributed by atoms with Crippen LogP contribution in [0.1, 0.15) is 38.3 Å². The van der Waals surface area contributed by atoms with Gasteiger partial charge >= 0.3 is 0 Å². The number of anilines is 1. The maximum atomic E-state index is 8.68. The lowest BCUT2D eigenvalue weighted by atomic mass is 10.0. The summed E-state index contributed by atoms with van der Waals surface area (Å²) in [5.74, 6) is 1.57. The van der Waals surface area contributed by atoms with E-state index in [0.717, 1.165) is 31.8 Å². The van der Waals surface area contributed by atoms with Crippen LogP contribution in [-0.2, 0) is 0 Å². The Morgan fingerprint density at radius 1 is 1.26 bits per heavy atom. The van der Waals surface area contributed by atoms with Crippen LogP contribution in [-0.4, -0.2) is 57.8 Å². The number of benzene rings is 1. The fourth-order valence-corrected chi connectivity index (χ4v) is 3.92. The minimum Gasteiger partial charge on any atom is -0.491 e. The maximum absolute atomic E-state index is 8.68. The maximum Gasteiger partial charge on any atom is 0.130 e. The van der Waals surface area contributed by atoms with E-state index in [-0.39, 0.29) is 6.10 Å². The normalized spacial score (nSPS) is 19.4. The summed E-state index contributed by atoms with van der Waals surface area (Å²) in [5, 5.41) is 13.1. The predicted octanol–water partition coefficient (Wildman–Crippen LogP) is 3.32. The highest BCUT2D eigenvalue weighted by molar-refractivity contribution is 6.09. The molecule has 0 radical (unpaired) electrons. The van der Waals surface area contributed by atoms with Crippen molar-refractivity contribution in [3.05, 3.63) is 54.4 Å². The molecule has 0 bridgehead atoms. The van der Waals surface area contributed by atoms with Gasteiger partial charge in [0.15, 0.2) is 0 Å². The van der Waals surface area contributed by atoms with Crippen molar-refractivity contribution in [3.63, 3.8) is 0 Å². The molecule has 1 fully saturated rings.